The number of rotatable bonds is 5. The molecule has 0 aliphatic carbocycles. The molecule has 0 spiro atoms. The normalized spacial score (nSPS) is 24.5. The number of carboxylic acids is 1. The van der Waals surface area contributed by atoms with Crippen molar-refractivity contribution >= 4 is 17.8 Å². The Morgan fingerprint density at radius 2 is 1.87 bits per heavy atom. The molecule has 0 saturated carbocycles. The first-order chi connectivity index (χ1) is 11.0. The van der Waals surface area contributed by atoms with Crippen LogP contribution in [0.4, 0.5) is 0 Å². The van der Waals surface area contributed by atoms with E-state index in [0.717, 1.165) is 38.8 Å². The molecule has 7 heteroatoms. The van der Waals surface area contributed by atoms with E-state index in [-0.39, 0.29) is 30.9 Å². The average Bonchev–Trinajstić information content (AvgIpc) is 2.78. The Morgan fingerprint density at radius 1 is 1.13 bits per heavy atom. The monoisotopic (exact) mass is 325 g/mol. The number of likely N-dealkylation sites (tertiary alicyclic amines) is 1. The summed E-state index contributed by atoms with van der Waals surface area (Å²) in [6.07, 6.45) is 4.19. The van der Waals surface area contributed by atoms with Crippen LogP contribution in [0.25, 0.3) is 0 Å². The number of carbonyl (C=O) groups is 3. The molecule has 23 heavy (non-hydrogen) atoms. The topological polar surface area (TPSA) is 81.2 Å². The van der Waals surface area contributed by atoms with E-state index < -0.39 is 5.97 Å². The van der Waals surface area contributed by atoms with Crippen molar-refractivity contribution in [3.8, 4) is 0 Å². The van der Waals surface area contributed by atoms with Crippen molar-refractivity contribution in [3.63, 3.8) is 0 Å². The highest BCUT2D eigenvalue weighted by atomic mass is 16.4. The third-order valence-corrected chi connectivity index (χ3v) is 4.58. The molecule has 7 nitrogen and oxygen atoms in total. The molecule has 2 rings (SSSR count). The van der Waals surface area contributed by atoms with Crippen molar-refractivity contribution in [1.29, 1.82) is 0 Å². The lowest BCUT2D eigenvalue weighted by Gasteiger charge is -2.31. The lowest BCUT2D eigenvalue weighted by molar-refractivity contribution is -0.147. The molecule has 0 bridgehead atoms. The Balaban J connectivity index is 2.07. The highest BCUT2D eigenvalue weighted by molar-refractivity contribution is 5.86. The van der Waals surface area contributed by atoms with E-state index in [9.17, 15) is 14.4 Å². The zero-order valence-electron chi connectivity index (χ0n) is 13.9. The Hall–Kier alpha value is -1.63. The van der Waals surface area contributed by atoms with E-state index in [1.807, 2.05) is 9.80 Å². The predicted molar refractivity (Wildman–Crippen MR) is 84.9 cm³/mol. The first-order valence-corrected chi connectivity index (χ1v) is 8.55. The van der Waals surface area contributed by atoms with Crippen molar-refractivity contribution in [2.75, 3.05) is 39.3 Å². The van der Waals surface area contributed by atoms with Crippen LogP contribution < -0.4 is 0 Å². The summed E-state index contributed by atoms with van der Waals surface area (Å²) in [7, 11) is 0. The molecule has 2 fully saturated rings. The highest BCUT2D eigenvalue weighted by Crippen LogP contribution is 2.19. The molecule has 0 aromatic rings. The smallest absolute Gasteiger partial charge is 0.323 e. The van der Waals surface area contributed by atoms with Crippen LogP contribution in [-0.2, 0) is 14.4 Å². The van der Waals surface area contributed by atoms with Gasteiger partial charge in [0.05, 0.1) is 12.6 Å². The third-order valence-electron chi connectivity index (χ3n) is 4.58. The maximum Gasteiger partial charge on any atom is 0.323 e. The fourth-order valence-corrected chi connectivity index (χ4v) is 3.46. The van der Waals surface area contributed by atoms with Gasteiger partial charge >= 0.3 is 5.97 Å². The lowest BCUT2D eigenvalue weighted by atomic mass is 10.1. The Bertz CT molecular complexity index is 455. The quantitative estimate of drug-likeness (QED) is 0.791. The van der Waals surface area contributed by atoms with Gasteiger partial charge < -0.3 is 14.9 Å². The third kappa shape index (κ3) is 4.67. The number of hydrogen-bond acceptors (Lipinski definition) is 4. The van der Waals surface area contributed by atoms with Crippen LogP contribution in [0.3, 0.4) is 0 Å². The van der Waals surface area contributed by atoms with E-state index >= 15 is 0 Å². The number of carbonyl (C=O) groups excluding carboxylic acids is 2. The minimum absolute atomic E-state index is 0.0752. The Labute approximate surface area is 137 Å². The summed E-state index contributed by atoms with van der Waals surface area (Å²) in [5.74, 6) is -1.05. The minimum atomic E-state index is -0.986. The molecular formula is C16H27N3O4. The van der Waals surface area contributed by atoms with Gasteiger partial charge in [0.2, 0.25) is 11.8 Å². The molecule has 0 aromatic heterocycles. The second-order valence-electron chi connectivity index (χ2n) is 6.37. The van der Waals surface area contributed by atoms with Crippen molar-refractivity contribution < 1.29 is 19.5 Å². The van der Waals surface area contributed by atoms with Gasteiger partial charge in [-0.05, 0) is 32.1 Å². The van der Waals surface area contributed by atoms with Crippen LogP contribution in [0.2, 0.25) is 0 Å². The van der Waals surface area contributed by atoms with Crippen molar-refractivity contribution in [3.05, 3.63) is 0 Å². The van der Waals surface area contributed by atoms with Gasteiger partial charge in [-0.25, -0.2) is 0 Å². The summed E-state index contributed by atoms with van der Waals surface area (Å²) >= 11 is 0. The van der Waals surface area contributed by atoms with E-state index in [2.05, 4.69) is 6.92 Å². The number of carboxylic acid groups (broad SMARTS) is 1. The molecular weight excluding hydrogens is 298 g/mol. The van der Waals surface area contributed by atoms with Gasteiger partial charge in [-0.3, -0.25) is 19.3 Å². The molecule has 130 valence electrons. The van der Waals surface area contributed by atoms with Gasteiger partial charge in [0, 0.05) is 26.2 Å². The summed E-state index contributed by atoms with van der Waals surface area (Å²) in [4.78, 5) is 41.3. The Kier molecular flexibility index (Phi) is 6.38. The van der Waals surface area contributed by atoms with Gasteiger partial charge in [-0.2, -0.15) is 0 Å². The first kappa shape index (κ1) is 17.7. The Morgan fingerprint density at radius 3 is 2.57 bits per heavy atom. The average molecular weight is 325 g/mol. The van der Waals surface area contributed by atoms with E-state index in [1.54, 1.807) is 0 Å². The van der Waals surface area contributed by atoms with E-state index in [4.69, 9.17) is 5.11 Å². The first-order valence-electron chi connectivity index (χ1n) is 8.55. The molecule has 2 heterocycles. The van der Waals surface area contributed by atoms with E-state index in [0.29, 0.717) is 19.5 Å². The fourth-order valence-electron chi connectivity index (χ4n) is 3.46. The van der Waals surface area contributed by atoms with Gasteiger partial charge in [-0.1, -0.05) is 6.92 Å². The maximum absolute atomic E-state index is 12.7. The minimum Gasteiger partial charge on any atom is -0.480 e. The standard InChI is InChI=1S/C16H27N3O4/c1-2-7-17-9-5-10-18(11-14(17)20)13-6-3-4-8-19(16(13)23)12-15(21)22/h13H,2-12H2,1H3,(H,21,22). The summed E-state index contributed by atoms with van der Waals surface area (Å²) in [5.41, 5.74) is 0. The lowest BCUT2D eigenvalue weighted by Crippen LogP contribution is -2.50. The largest absolute Gasteiger partial charge is 0.480 e. The molecule has 2 aliphatic rings. The molecule has 0 aromatic carbocycles. The SMILES string of the molecule is CCCN1CCCN(C2CCCCN(CC(=O)O)C2=O)CC1=O. The van der Waals surface area contributed by atoms with Crippen molar-refractivity contribution in [1.82, 2.24) is 14.7 Å². The van der Waals surface area contributed by atoms with E-state index in [1.165, 1.54) is 4.90 Å². The molecule has 1 N–H and O–H groups in total. The second kappa shape index (κ2) is 8.29. The second-order valence-corrected chi connectivity index (χ2v) is 6.37. The maximum atomic E-state index is 12.7. The van der Waals surface area contributed by atoms with Crippen LogP contribution in [-0.4, -0.2) is 82.9 Å². The number of amides is 2. The van der Waals surface area contributed by atoms with Gasteiger partial charge in [0.1, 0.15) is 6.54 Å². The van der Waals surface area contributed by atoms with Gasteiger partial charge in [-0.15, -0.1) is 0 Å². The number of aliphatic carboxylic acids is 1. The van der Waals surface area contributed by atoms with Crippen LogP contribution in [0.15, 0.2) is 0 Å². The zero-order chi connectivity index (χ0) is 16.8. The zero-order valence-corrected chi connectivity index (χ0v) is 13.9. The molecule has 2 saturated heterocycles. The molecule has 1 unspecified atom stereocenters. The summed E-state index contributed by atoms with van der Waals surface area (Å²) < 4.78 is 0. The van der Waals surface area contributed by atoms with Crippen LogP contribution >= 0.6 is 0 Å². The van der Waals surface area contributed by atoms with Crippen molar-refractivity contribution in [2.45, 2.75) is 45.1 Å². The summed E-state index contributed by atoms with van der Waals surface area (Å²) in [5, 5.41) is 8.98. The molecule has 2 aliphatic heterocycles. The molecule has 2 amide bonds. The van der Waals surface area contributed by atoms with Crippen LogP contribution in [0.1, 0.15) is 39.0 Å². The fraction of sp³-hybridized carbons (Fsp3) is 0.812. The predicted octanol–water partition coefficient (Wildman–Crippen LogP) is 0.396. The highest BCUT2D eigenvalue weighted by Gasteiger charge is 2.35. The molecule has 0 radical (unpaired) electrons. The van der Waals surface area contributed by atoms with Gasteiger partial charge in [0.15, 0.2) is 0 Å². The number of nitrogens with zero attached hydrogens (tertiary/aromatic N) is 3. The van der Waals surface area contributed by atoms with Crippen LogP contribution in [0, 0.1) is 0 Å². The summed E-state index contributed by atoms with van der Waals surface area (Å²) in [6, 6.07) is -0.359. The summed E-state index contributed by atoms with van der Waals surface area (Å²) in [6.45, 7) is 4.76. The van der Waals surface area contributed by atoms with Crippen molar-refractivity contribution in [2.24, 2.45) is 0 Å². The van der Waals surface area contributed by atoms with Gasteiger partial charge in [0.25, 0.3) is 0 Å². The molecule has 1 atom stereocenters. The van der Waals surface area contributed by atoms with Crippen LogP contribution in [0.5, 0.6) is 0 Å². The number of hydrogen-bond donors (Lipinski definition) is 1.